The zero-order valence-electron chi connectivity index (χ0n) is 18.1. The van der Waals surface area contributed by atoms with Gasteiger partial charge in [0.1, 0.15) is 17.9 Å². The molecule has 164 valence electrons. The minimum Gasteiger partial charge on any atom is -0.487 e. The van der Waals surface area contributed by atoms with E-state index in [0.717, 1.165) is 17.7 Å². The van der Waals surface area contributed by atoms with Gasteiger partial charge in [-0.2, -0.15) is 0 Å². The molecule has 0 saturated carbocycles. The predicted molar refractivity (Wildman–Crippen MR) is 136 cm³/mol. The quantitative estimate of drug-likeness (QED) is 0.235. The summed E-state index contributed by atoms with van der Waals surface area (Å²) >= 11 is 0. The molecule has 7 heteroatoms. The van der Waals surface area contributed by atoms with Crippen LogP contribution in [0.4, 0.5) is 5.69 Å². The lowest BCUT2D eigenvalue weighted by Gasteiger charge is -2.38. The summed E-state index contributed by atoms with van der Waals surface area (Å²) in [5, 5.41) is 9.50. The second-order valence-electron chi connectivity index (χ2n) is 7.77. The zero-order valence-corrected chi connectivity index (χ0v) is 20.4. The standard InChI is InChI=1S/C24H28N4O2.HI/c1-5-17-10-9-11-18(14-17)27-22(29)16-26-23(25-6-2)28-20-15-24(3,4)30-21-13-8-7-12-19(20)21;/h1,7-14,20H,6,15-16H2,2-4H3,(H,27,29)(H2,25,26,28);1H. The van der Waals surface area contributed by atoms with Crippen LogP contribution >= 0.6 is 24.0 Å². The van der Waals surface area contributed by atoms with Crippen LogP contribution in [0.25, 0.3) is 0 Å². The molecule has 2 aromatic rings. The Morgan fingerprint density at radius 2 is 2.03 bits per heavy atom. The third-order valence-electron chi connectivity index (χ3n) is 4.73. The second kappa shape index (κ2) is 11.0. The fraction of sp³-hybridized carbons (Fsp3) is 0.333. The molecule has 0 spiro atoms. The number of fused-ring (bicyclic) bond motifs is 1. The van der Waals surface area contributed by atoms with Crippen molar-refractivity contribution in [1.29, 1.82) is 0 Å². The van der Waals surface area contributed by atoms with Crippen LogP contribution in [-0.2, 0) is 4.79 Å². The minimum absolute atomic E-state index is 0. The van der Waals surface area contributed by atoms with Crippen molar-refractivity contribution in [2.24, 2.45) is 4.99 Å². The number of carbonyl (C=O) groups excluding carboxylic acids is 1. The first-order valence-corrected chi connectivity index (χ1v) is 10.1. The van der Waals surface area contributed by atoms with Crippen LogP contribution in [0.1, 0.15) is 44.4 Å². The predicted octanol–water partition coefficient (Wildman–Crippen LogP) is 4.08. The molecule has 1 aliphatic rings. The Kier molecular flexibility index (Phi) is 8.75. The number of nitrogens with zero attached hydrogens (tertiary/aromatic N) is 1. The molecule has 0 bridgehead atoms. The third-order valence-corrected chi connectivity index (χ3v) is 4.73. The summed E-state index contributed by atoms with van der Waals surface area (Å²) in [6.07, 6.45) is 6.19. The number of para-hydroxylation sites is 1. The monoisotopic (exact) mass is 532 g/mol. The largest absolute Gasteiger partial charge is 0.487 e. The summed E-state index contributed by atoms with van der Waals surface area (Å²) in [7, 11) is 0. The van der Waals surface area contributed by atoms with Crippen molar-refractivity contribution in [3.63, 3.8) is 0 Å². The number of hydrogen-bond donors (Lipinski definition) is 3. The molecule has 1 aliphatic heterocycles. The van der Waals surface area contributed by atoms with Crippen LogP contribution in [0, 0.1) is 12.3 Å². The highest BCUT2D eigenvalue weighted by atomic mass is 127. The van der Waals surface area contributed by atoms with Crippen LogP contribution in [0.2, 0.25) is 0 Å². The van der Waals surface area contributed by atoms with E-state index < -0.39 is 0 Å². The molecule has 1 atom stereocenters. The molecule has 3 rings (SSSR count). The van der Waals surface area contributed by atoms with Crippen molar-refractivity contribution in [3.05, 3.63) is 59.7 Å². The van der Waals surface area contributed by atoms with Crippen LogP contribution in [0.5, 0.6) is 5.75 Å². The molecule has 3 N–H and O–H groups in total. The van der Waals surface area contributed by atoms with E-state index in [2.05, 4.69) is 46.8 Å². The lowest BCUT2D eigenvalue weighted by Crippen LogP contribution is -2.45. The molecule has 0 radical (unpaired) electrons. The molecule has 1 unspecified atom stereocenters. The lowest BCUT2D eigenvalue weighted by molar-refractivity contribution is -0.114. The Morgan fingerprint density at radius 3 is 2.77 bits per heavy atom. The van der Waals surface area contributed by atoms with Crippen molar-refractivity contribution >= 4 is 41.5 Å². The molecule has 2 aromatic carbocycles. The molecule has 0 aliphatic carbocycles. The number of guanidine groups is 1. The van der Waals surface area contributed by atoms with E-state index in [4.69, 9.17) is 11.2 Å². The number of benzene rings is 2. The molecule has 1 heterocycles. The summed E-state index contributed by atoms with van der Waals surface area (Å²) < 4.78 is 6.10. The van der Waals surface area contributed by atoms with Gasteiger partial charge in [0, 0.05) is 29.8 Å². The number of terminal acetylenes is 1. The third kappa shape index (κ3) is 6.89. The summed E-state index contributed by atoms with van der Waals surface area (Å²) in [5.41, 5.74) is 2.15. The highest BCUT2D eigenvalue weighted by Crippen LogP contribution is 2.39. The van der Waals surface area contributed by atoms with Gasteiger partial charge < -0.3 is 20.7 Å². The number of amides is 1. The maximum absolute atomic E-state index is 12.4. The van der Waals surface area contributed by atoms with Gasteiger partial charge in [-0.15, -0.1) is 30.4 Å². The number of carbonyl (C=O) groups is 1. The Hall–Kier alpha value is -2.73. The molecular formula is C24H29IN4O2. The topological polar surface area (TPSA) is 74.8 Å². The van der Waals surface area contributed by atoms with Crippen LogP contribution in [-0.4, -0.2) is 30.6 Å². The molecule has 0 fully saturated rings. The summed E-state index contributed by atoms with van der Waals surface area (Å²) in [4.78, 5) is 16.8. The first-order valence-electron chi connectivity index (χ1n) is 10.1. The normalized spacial score (nSPS) is 16.6. The molecule has 0 aromatic heterocycles. The average molecular weight is 532 g/mol. The van der Waals surface area contributed by atoms with E-state index >= 15 is 0 Å². The van der Waals surface area contributed by atoms with E-state index in [1.807, 2.05) is 37.3 Å². The zero-order chi connectivity index (χ0) is 21.6. The molecular weight excluding hydrogens is 503 g/mol. The highest BCUT2D eigenvalue weighted by Gasteiger charge is 2.33. The minimum atomic E-state index is -0.303. The smallest absolute Gasteiger partial charge is 0.246 e. The van der Waals surface area contributed by atoms with Crippen molar-refractivity contribution in [1.82, 2.24) is 10.6 Å². The van der Waals surface area contributed by atoms with Gasteiger partial charge in [-0.1, -0.05) is 30.2 Å². The number of ether oxygens (including phenoxy) is 1. The number of rotatable bonds is 5. The number of aliphatic imine (C=N–C) groups is 1. The van der Waals surface area contributed by atoms with E-state index in [1.165, 1.54) is 0 Å². The molecule has 6 nitrogen and oxygen atoms in total. The van der Waals surface area contributed by atoms with Crippen molar-refractivity contribution in [3.8, 4) is 18.1 Å². The van der Waals surface area contributed by atoms with E-state index in [0.29, 0.717) is 23.8 Å². The lowest BCUT2D eigenvalue weighted by atomic mass is 9.90. The number of hydrogen-bond acceptors (Lipinski definition) is 3. The van der Waals surface area contributed by atoms with E-state index in [1.54, 1.807) is 12.1 Å². The van der Waals surface area contributed by atoms with Gasteiger partial charge in [-0.05, 0) is 45.0 Å². The fourth-order valence-electron chi connectivity index (χ4n) is 3.45. The second-order valence-corrected chi connectivity index (χ2v) is 7.77. The highest BCUT2D eigenvalue weighted by molar-refractivity contribution is 14.0. The van der Waals surface area contributed by atoms with Gasteiger partial charge in [0.05, 0.1) is 6.04 Å². The number of anilines is 1. The molecule has 1 amide bonds. The molecule has 31 heavy (non-hydrogen) atoms. The Labute approximate surface area is 201 Å². The van der Waals surface area contributed by atoms with Crippen LogP contribution in [0.3, 0.4) is 0 Å². The van der Waals surface area contributed by atoms with Gasteiger partial charge in [0.2, 0.25) is 5.91 Å². The van der Waals surface area contributed by atoms with Gasteiger partial charge >= 0.3 is 0 Å². The Balaban J connectivity index is 0.00000341. The van der Waals surface area contributed by atoms with Gasteiger partial charge in [0.15, 0.2) is 5.96 Å². The summed E-state index contributed by atoms with van der Waals surface area (Å²) in [6, 6.07) is 15.2. The van der Waals surface area contributed by atoms with Crippen molar-refractivity contribution in [2.75, 3.05) is 18.4 Å². The Bertz CT molecular complexity index is 982. The van der Waals surface area contributed by atoms with Crippen molar-refractivity contribution < 1.29 is 9.53 Å². The van der Waals surface area contributed by atoms with Crippen LogP contribution < -0.4 is 20.7 Å². The number of nitrogens with one attached hydrogen (secondary N) is 3. The molecule has 0 saturated heterocycles. The van der Waals surface area contributed by atoms with Gasteiger partial charge in [-0.25, -0.2) is 4.99 Å². The van der Waals surface area contributed by atoms with Gasteiger partial charge in [-0.3, -0.25) is 4.79 Å². The number of halogens is 1. The maximum atomic E-state index is 12.4. The maximum Gasteiger partial charge on any atom is 0.246 e. The summed E-state index contributed by atoms with van der Waals surface area (Å²) in [6.45, 7) is 6.80. The Morgan fingerprint density at radius 1 is 1.26 bits per heavy atom. The van der Waals surface area contributed by atoms with E-state index in [-0.39, 0.29) is 48.1 Å². The fourth-order valence-corrected chi connectivity index (χ4v) is 3.45. The van der Waals surface area contributed by atoms with Crippen molar-refractivity contribution in [2.45, 2.75) is 38.8 Å². The SMILES string of the molecule is C#Cc1cccc(NC(=O)CN=C(NCC)NC2CC(C)(C)Oc3ccccc32)c1.I. The summed E-state index contributed by atoms with van der Waals surface area (Å²) in [5.74, 6) is 3.80. The van der Waals surface area contributed by atoms with Crippen LogP contribution in [0.15, 0.2) is 53.5 Å². The van der Waals surface area contributed by atoms with Gasteiger partial charge in [0.25, 0.3) is 0 Å². The van der Waals surface area contributed by atoms with E-state index in [9.17, 15) is 4.79 Å². The first kappa shape index (κ1) is 24.5. The first-order chi connectivity index (χ1) is 14.4. The average Bonchev–Trinajstić information content (AvgIpc) is 2.71.